The number of rotatable bonds is 8. The zero-order valence-corrected chi connectivity index (χ0v) is 13.0. The first-order valence-electron chi connectivity index (χ1n) is 6.88. The SMILES string of the molecule is C=CCCCN(C)C(=O)C=Cc1cc(OC)cc(OC)c1. The van der Waals surface area contributed by atoms with Crippen LogP contribution < -0.4 is 9.47 Å². The topological polar surface area (TPSA) is 38.8 Å². The molecule has 0 aliphatic carbocycles. The van der Waals surface area contributed by atoms with Crippen molar-refractivity contribution in [3.8, 4) is 11.5 Å². The molecule has 0 aliphatic rings. The quantitative estimate of drug-likeness (QED) is 0.419. The molecule has 1 aromatic carbocycles. The zero-order chi connectivity index (χ0) is 15.7. The third-order valence-electron chi connectivity index (χ3n) is 3.07. The van der Waals surface area contributed by atoms with Crippen molar-refractivity contribution >= 4 is 12.0 Å². The molecule has 1 rings (SSSR count). The standard InChI is InChI=1S/C17H23NO3/c1-5-6-7-10-18(2)17(19)9-8-14-11-15(20-3)13-16(12-14)21-4/h5,8-9,11-13H,1,6-7,10H2,2-4H3. The molecule has 1 aromatic rings. The summed E-state index contributed by atoms with van der Waals surface area (Å²) < 4.78 is 10.4. The molecular weight excluding hydrogens is 266 g/mol. The number of benzene rings is 1. The summed E-state index contributed by atoms with van der Waals surface area (Å²) in [6, 6.07) is 5.49. The van der Waals surface area contributed by atoms with Crippen molar-refractivity contribution in [1.82, 2.24) is 4.90 Å². The first-order chi connectivity index (χ1) is 10.1. The molecule has 0 spiro atoms. The lowest BCUT2D eigenvalue weighted by atomic mass is 10.2. The zero-order valence-electron chi connectivity index (χ0n) is 13.0. The Kier molecular flexibility index (Phi) is 7.09. The van der Waals surface area contributed by atoms with E-state index in [-0.39, 0.29) is 5.91 Å². The molecule has 4 heteroatoms. The first kappa shape index (κ1) is 16.8. The summed E-state index contributed by atoms with van der Waals surface area (Å²) in [7, 11) is 4.99. The maximum atomic E-state index is 12.0. The van der Waals surface area contributed by atoms with E-state index in [1.165, 1.54) is 0 Å². The summed E-state index contributed by atoms with van der Waals surface area (Å²) in [6.07, 6.45) is 7.01. The minimum Gasteiger partial charge on any atom is -0.497 e. The molecule has 0 unspecified atom stereocenters. The number of hydrogen-bond donors (Lipinski definition) is 0. The minimum atomic E-state index is -0.0270. The first-order valence-corrected chi connectivity index (χ1v) is 6.88. The molecule has 21 heavy (non-hydrogen) atoms. The molecule has 0 atom stereocenters. The monoisotopic (exact) mass is 289 g/mol. The van der Waals surface area contributed by atoms with Crippen molar-refractivity contribution in [2.24, 2.45) is 0 Å². The Morgan fingerprint density at radius 1 is 1.24 bits per heavy atom. The highest BCUT2D eigenvalue weighted by Gasteiger charge is 2.04. The molecule has 0 saturated heterocycles. The Hall–Kier alpha value is -2.23. The Morgan fingerprint density at radius 2 is 1.86 bits per heavy atom. The van der Waals surface area contributed by atoms with E-state index in [0.29, 0.717) is 11.5 Å². The normalized spacial score (nSPS) is 10.4. The van der Waals surface area contributed by atoms with Gasteiger partial charge in [0.25, 0.3) is 0 Å². The second kappa shape index (κ2) is 8.84. The second-order valence-corrected chi connectivity index (χ2v) is 4.67. The molecule has 4 nitrogen and oxygen atoms in total. The van der Waals surface area contributed by atoms with Crippen LogP contribution in [0.15, 0.2) is 36.9 Å². The average molecular weight is 289 g/mol. The lowest BCUT2D eigenvalue weighted by molar-refractivity contribution is -0.124. The average Bonchev–Trinajstić information content (AvgIpc) is 2.52. The van der Waals surface area contributed by atoms with Crippen LogP contribution in [0.4, 0.5) is 0 Å². The highest BCUT2D eigenvalue weighted by atomic mass is 16.5. The van der Waals surface area contributed by atoms with Crippen LogP contribution in [0.1, 0.15) is 18.4 Å². The van der Waals surface area contributed by atoms with Crippen LogP contribution in [0.3, 0.4) is 0 Å². The Morgan fingerprint density at radius 3 is 2.38 bits per heavy atom. The summed E-state index contributed by atoms with van der Waals surface area (Å²) >= 11 is 0. The molecule has 0 aromatic heterocycles. The summed E-state index contributed by atoms with van der Waals surface area (Å²) in [6.45, 7) is 4.39. The molecule has 0 radical (unpaired) electrons. The van der Waals surface area contributed by atoms with Gasteiger partial charge in [-0.25, -0.2) is 0 Å². The van der Waals surface area contributed by atoms with Crippen molar-refractivity contribution in [2.75, 3.05) is 27.8 Å². The number of hydrogen-bond acceptors (Lipinski definition) is 3. The van der Waals surface area contributed by atoms with Crippen LogP contribution in [0.2, 0.25) is 0 Å². The van der Waals surface area contributed by atoms with Crippen molar-refractivity contribution in [2.45, 2.75) is 12.8 Å². The molecule has 1 amide bonds. The number of amides is 1. The summed E-state index contributed by atoms with van der Waals surface area (Å²) in [5, 5.41) is 0. The van der Waals surface area contributed by atoms with Gasteiger partial charge < -0.3 is 14.4 Å². The Bertz CT molecular complexity index is 487. The van der Waals surface area contributed by atoms with Crippen LogP contribution in [0.5, 0.6) is 11.5 Å². The van der Waals surface area contributed by atoms with E-state index in [1.807, 2.05) is 18.2 Å². The highest BCUT2D eigenvalue weighted by Crippen LogP contribution is 2.23. The van der Waals surface area contributed by atoms with E-state index in [4.69, 9.17) is 9.47 Å². The van der Waals surface area contributed by atoms with Gasteiger partial charge in [0, 0.05) is 25.7 Å². The lowest BCUT2D eigenvalue weighted by Crippen LogP contribution is -2.25. The van der Waals surface area contributed by atoms with E-state index in [2.05, 4.69) is 6.58 Å². The smallest absolute Gasteiger partial charge is 0.246 e. The maximum absolute atomic E-state index is 12.0. The van der Waals surface area contributed by atoms with Crippen molar-refractivity contribution < 1.29 is 14.3 Å². The van der Waals surface area contributed by atoms with Crippen LogP contribution in [0, 0.1) is 0 Å². The molecule has 114 valence electrons. The van der Waals surface area contributed by atoms with E-state index < -0.39 is 0 Å². The van der Waals surface area contributed by atoms with Crippen LogP contribution in [-0.2, 0) is 4.79 Å². The number of likely N-dealkylation sites (N-methyl/N-ethyl adjacent to an activating group) is 1. The predicted octanol–water partition coefficient (Wildman–Crippen LogP) is 3.14. The summed E-state index contributed by atoms with van der Waals surface area (Å²) in [4.78, 5) is 13.7. The molecule has 0 heterocycles. The fraction of sp³-hybridized carbons (Fsp3) is 0.353. The van der Waals surface area contributed by atoms with Crippen molar-refractivity contribution in [3.05, 3.63) is 42.5 Å². The van der Waals surface area contributed by atoms with Gasteiger partial charge in [-0.3, -0.25) is 4.79 Å². The third-order valence-corrected chi connectivity index (χ3v) is 3.07. The van der Waals surface area contributed by atoms with Gasteiger partial charge in [-0.2, -0.15) is 0 Å². The van der Waals surface area contributed by atoms with Gasteiger partial charge in [-0.15, -0.1) is 6.58 Å². The maximum Gasteiger partial charge on any atom is 0.246 e. The number of unbranched alkanes of at least 4 members (excludes halogenated alkanes) is 1. The number of nitrogens with zero attached hydrogens (tertiary/aromatic N) is 1. The Balaban J connectivity index is 2.70. The molecule has 0 bridgehead atoms. The van der Waals surface area contributed by atoms with Crippen molar-refractivity contribution in [1.29, 1.82) is 0 Å². The van der Waals surface area contributed by atoms with E-state index in [0.717, 1.165) is 24.9 Å². The largest absolute Gasteiger partial charge is 0.497 e. The van der Waals surface area contributed by atoms with Gasteiger partial charge in [0.15, 0.2) is 0 Å². The number of allylic oxidation sites excluding steroid dienone is 1. The molecular formula is C17H23NO3. The number of methoxy groups -OCH3 is 2. The fourth-order valence-electron chi connectivity index (χ4n) is 1.80. The van der Waals surface area contributed by atoms with Crippen molar-refractivity contribution in [3.63, 3.8) is 0 Å². The number of ether oxygens (including phenoxy) is 2. The highest BCUT2D eigenvalue weighted by molar-refractivity contribution is 5.91. The fourth-order valence-corrected chi connectivity index (χ4v) is 1.80. The molecule has 0 fully saturated rings. The summed E-state index contributed by atoms with van der Waals surface area (Å²) in [5.41, 5.74) is 0.860. The van der Waals surface area contributed by atoms with Gasteiger partial charge in [0.05, 0.1) is 14.2 Å². The second-order valence-electron chi connectivity index (χ2n) is 4.67. The number of carbonyl (C=O) groups is 1. The van der Waals surface area contributed by atoms with Crippen LogP contribution in [0.25, 0.3) is 6.08 Å². The van der Waals surface area contributed by atoms with Gasteiger partial charge in [-0.05, 0) is 36.6 Å². The van der Waals surface area contributed by atoms with E-state index >= 15 is 0 Å². The van der Waals surface area contributed by atoms with Crippen LogP contribution >= 0.6 is 0 Å². The van der Waals surface area contributed by atoms with E-state index in [9.17, 15) is 4.79 Å². The van der Waals surface area contributed by atoms with Gasteiger partial charge in [0.2, 0.25) is 5.91 Å². The Labute approximate surface area is 126 Å². The van der Waals surface area contributed by atoms with Gasteiger partial charge in [-0.1, -0.05) is 6.08 Å². The van der Waals surface area contributed by atoms with E-state index in [1.54, 1.807) is 44.4 Å². The predicted molar refractivity (Wildman–Crippen MR) is 85.6 cm³/mol. The van der Waals surface area contributed by atoms with Crippen LogP contribution in [-0.4, -0.2) is 38.6 Å². The van der Waals surface area contributed by atoms with Gasteiger partial charge >= 0.3 is 0 Å². The lowest BCUT2D eigenvalue weighted by Gasteiger charge is -2.14. The molecule has 0 N–H and O–H groups in total. The summed E-state index contributed by atoms with van der Waals surface area (Å²) in [5.74, 6) is 1.36. The molecule has 0 saturated carbocycles. The molecule has 0 aliphatic heterocycles. The number of carbonyl (C=O) groups excluding carboxylic acids is 1. The third kappa shape index (κ3) is 5.73. The van der Waals surface area contributed by atoms with Gasteiger partial charge in [0.1, 0.15) is 11.5 Å². The minimum absolute atomic E-state index is 0.0270.